The van der Waals surface area contributed by atoms with Crippen LogP contribution in [0.25, 0.3) is 21.8 Å². The number of H-pyrrole nitrogens is 1. The van der Waals surface area contributed by atoms with Gasteiger partial charge in [-0.25, -0.2) is 0 Å². The van der Waals surface area contributed by atoms with Gasteiger partial charge < -0.3 is 10.3 Å². The third kappa shape index (κ3) is 2.98. The zero-order chi connectivity index (χ0) is 17.4. The van der Waals surface area contributed by atoms with Crippen LogP contribution in [0.15, 0.2) is 59.5 Å². The first kappa shape index (κ1) is 15.4. The second kappa shape index (κ2) is 6.06. The molecule has 0 saturated heterocycles. The van der Waals surface area contributed by atoms with Crippen molar-refractivity contribution in [2.45, 2.75) is 20.4 Å². The van der Waals surface area contributed by atoms with Crippen molar-refractivity contribution in [3.63, 3.8) is 0 Å². The van der Waals surface area contributed by atoms with Crippen LogP contribution < -0.4 is 10.9 Å². The Morgan fingerprint density at radius 1 is 1.08 bits per heavy atom. The summed E-state index contributed by atoms with van der Waals surface area (Å²) >= 11 is 0. The van der Waals surface area contributed by atoms with Crippen LogP contribution in [0.2, 0.25) is 0 Å². The Morgan fingerprint density at radius 3 is 2.80 bits per heavy atom. The van der Waals surface area contributed by atoms with Gasteiger partial charge in [0.15, 0.2) is 0 Å². The van der Waals surface area contributed by atoms with Gasteiger partial charge in [0.25, 0.3) is 5.56 Å². The van der Waals surface area contributed by atoms with E-state index in [9.17, 15) is 4.79 Å². The Labute approximate surface area is 145 Å². The van der Waals surface area contributed by atoms with Crippen molar-refractivity contribution in [3.05, 3.63) is 81.8 Å². The molecule has 4 nitrogen and oxygen atoms in total. The number of hydrogen-bond acceptors (Lipinski definition) is 3. The molecule has 0 aliphatic carbocycles. The predicted molar refractivity (Wildman–Crippen MR) is 103 cm³/mol. The molecule has 2 heterocycles. The summed E-state index contributed by atoms with van der Waals surface area (Å²) in [6, 6.07) is 16.1. The molecule has 124 valence electrons. The monoisotopic (exact) mass is 329 g/mol. The molecule has 0 aliphatic heterocycles. The van der Waals surface area contributed by atoms with Crippen LogP contribution in [0, 0.1) is 13.8 Å². The van der Waals surface area contributed by atoms with E-state index in [0.717, 1.165) is 33.1 Å². The van der Waals surface area contributed by atoms with Crippen LogP contribution in [-0.2, 0) is 6.54 Å². The van der Waals surface area contributed by atoms with Crippen molar-refractivity contribution in [2.75, 3.05) is 5.32 Å². The van der Waals surface area contributed by atoms with E-state index in [0.29, 0.717) is 12.1 Å². The highest BCUT2D eigenvalue weighted by Crippen LogP contribution is 2.20. The Morgan fingerprint density at radius 2 is 1.92 bits per heavy atom. The Bertz CT molecular complexity index is 1140. The Kier molecular flexibility index (Phi) is 3.73. The summed E-state index contributed by atoms with van der Waals surface area (Å²) in [6.45, 7) is 4.56. The van der Waals surface area contributed by atoms with E-state index in [-0.39, 0.29) is 5.56 Å². The number of pyridine rings is 2. The summed E-state index contributed by atoms with van der Waals surface area (Å²) < 4.78 is 0. The molecule has 0 unspecified atom stereocenters. The SMILES string of the molecule is Cc1cc(C)c2cc(CNc3cnc4ccccc4c3)c(=O)[nH]c2c1. The molecule has 0 bridgehead atoms. The molecule has 0 amide bonds. The lowest BCUT2D eigenvalue weighted by Crippen LogP contribution is -2.16. The van der Waals surface area contributed by atoms with E-state index >= 15 is 0 Å². The molecule has 0 atom stereocenters. The van der Waals surface area contributed by atoms with Gasteiger partial charge in [0.05, 0.1) is 17.4 Å². The molecule has 25 heavy (non-hydrogen) atoms. The van der Waals surface area contributed by atoms with E-state index in [4.69, 9.17) is 0 Å². The van der Waals surface area contributed by atoms with Crippen LogP contribution in [0.3, 0.4) is 0 Å². The fourth-order valence-electron chi connectivity index (χ4n) is 3.21. The summed E-state index contributed by atoms with van der Waals surface area (Å²) in [4.78, 5) is 19.8. The predicted octanol–water partition coefficient (Wildman–Crippen LogP) is 4.31. The van der Waals surface area contributed by atoms with Gasteiger partial charge in [0, 0.05) is 28.4 Å². The van der Waals surface area contributed by atoms with E-state index < -0.39 is 0 Å². The number of benzene rings is 2. The lowest BCUT2D eigenvalue weighted by atomic mass is 10.0. The molecule has 0 aliphatic rings. The third-order valence-electron chi connectivity index (χ3n) is 4.46. The van der Waals surface area contributed by atoms with Crippen LogP contribution in [-0.4, -0.2) is 9.97 Å². The van der Waals surface area contributed by atoms with Gasteiger partial charge in [-0.1, -0.05) is 24.3 Å². The number of aromatic amines is 1. The number of para-hydroxylation sites is 1. The standard InChI is InChI=1S/C21H19N3O/c1-13-7-14(2)18-10-16(21(25)24-20(18)8-13)11-22-17-9-15-5-3-4-6-19(15)23-12-17/h3-10,12,22H,11H2,1-2H3,(H,24,25). The Balaban J connectivity index is 1.65. The number of nitrogens with zero attached hydrogens (tertiary/aromatic N) is 1. The number of nitrogens with one attached hydrogen (secondary N) is 2. The van der Waals surface area contributed by atoms with Gasteiger partial charge >= 0.3 is 0 Å². The van der Waals surface area contributed by atoms with Crippen molar-refractivity contribution >= 4 is 27.5 Å². The molecular weight excluding hydrogens is 310 g/mol. The lowest BCUT2D eigenvalue weighted by Gasteiger charge is -2.09. The quantitative estimate of drug-likeness (QED) is 0.589. The van der Waals surface area contributed by atoms with Gasteiger partial charge in [0.1, 0.15) is 0 Å². The van der Waals surface area contributed by atoms with Crippen molar-refractivity contribution in [3.8, 4) is 0 Å². The average molecular weight is 329 g/mol. The van der Waals surface area contributed by atoms with Crippen LogP contribution in [0.4, 0.5) is 5.69 Å². The van der Waals surface area contributed by atoms with Crippen molar-refractivity contribution < 1.29 is 0 Å². The maximum atomic E-state index is 12.4. The van der Waals surface area contributed by atoms with E-state index in [1.54, 1.807) is 6.20 Å². The first-order chi connectivity index (χ1) is 12.1. The zero-order valence-electron chi connectivity index (χ0n) is 14.3. The molecule has 2 aromatic heterocycles. The highest BCUT2D eigenvalue weighted by Gasteiger charge is 2.06. The zero-order valence-corrected chi connectivity index (χ0v) is 14.3. The number of anilines is 1. The summed E-state index contributed by atoms with van der Waals surface area (Å²) in [7, 11) is 0. The van der Waals surface area contributed by atoms with E-state index in [1.165, 1.54) is 5.56 Å². The number of aryl methyl sites for hydroxylation is 2. The number of aromatic nitrogens is 2. The minimum atomic E-state index is -0.0567. The highest BCUT2D eigenvalue weighted by molar-refractivity contribution is 5.83. The van der Waals surface area contributed by atoms with Crippen molar-refractivity contribution in [2.24, 2.45) is 0 Å². The molecule has 0 fully saturated rings. The second-order valence-electron chi connectivity index (χ2n) is 6.44. The second-order valence-corrected chi connectivity index (χ2v) is 6.44. The number of fused-ring (bicyclic) bond motifs is 2. The topological polar surface area (TPSA) is 57.8 Å². The molecule has 4 rings (SSSR count). The van der Waals surface area contributed by atoms with Gasteiger partial charge in [-0.2, -0.15) is 0 Å². The van der Waals surface area contributed by atoms with Gasteiger partial charge in [0.2, 0.25) is 0 Å². The Hall–Kier alpha value is -3.14. The minimum Gasteiger partial charge on any atom is -0.379 e. The van der Waals surface area contributed by atoms with Crippen LogP contribution >= 0.6 is 0 Å². The van der Waals surface area contributed by atoms with Gasteiger partial charge in [-0.3, -0.25) is 9.78 Å². The van der Waals surface area contributed by atoms with E-state index in [1.807, 2.05) is 49.4 Å². The summed E-state index contributed by atoms with van der Waals surface area (Å²) in [5, 5.41) is 5.46. The summed E-state index contributed by atoms with van der Waals surface area (Å²) in [6.07, 6.45) is 1.80. The van der Waals surface area contributed by atoms with Crippen molar-refractivity contribution in [1.82, 2.24) is 9.97 Å². The number of rotatable bonds is 3. The molecule has 0 spiro atoms. The van der Waals surface area contributed by atoms with Crippen LogP contribution in [0.5, 0.6) is 0 Å². The molecule has 4 heteroatoms. The third-order valence-corrected chi connectivity index (χ3v) is 4.46. The fourth-order valence-corrected chi connectivity index (χ4v) is 3.21. The molecule has 2 N–H and O–H groups in total. The highest BCUT2D eigenvalue weighted by atomic mass is 16.1. The summed E-state index contributed by atoms with van der Waals surface area (Å²) in [5.41, 5.74) is 5.72. The summed E-state index contributed by atoms with van der Waals surface area (Å²) in [5.74, 6) is 0. The molecular formula is C21H19N3O. The largest absolute Gasteiger partial charge is 0.379 e. The maximum absolute atomic E-state index is 12.4. The fraction of sp³-hybridized carbons (Fsp3) is 0.143. The minimum absolute atomic E-state index is 0.0567. The smallest absolute Gasteiger partial charge is 0.253 e. The molecule has 0 radical (unpaired) electrons. The van der Waals surface area contributed by atoms with Crippen molar-refractivity contribution in [1.29, 1.82) is 0 Å². The van der Waals surface area contributed by atoms with Gasteiger partial charge in [-0.15, -0.1) is 0 Å². The molecule has 2 aromatic carbocycles. The molecule has 4 aromatic rings. The van der Waals surface area contributed by atoms with Gasteiger partial charge in [-0.05, 0) is 49.2 Å². The van der Waals surface area contributed by atoms with E-state index in [2.05, 4.69) is 28.3 Å². The lowest BCUT2D eigenvalue weighted by molar-refractivity contribution is 1.09. The molecule has 0 saturated carbocycles. The van der Waals surface area contributed by atoms with Crippen LogP contribution in [0.1, 0.15) is 16.7 Å². The normalized spacial score (nSPS) is 11.1. The average Bonchev–Trinajstić information content (AvgIpc) is 2.60. The number of hydrogen-bond donors (Lipinski definition) is 2. The maximum Gasteiger partial charge on any atom is 0.253 e. The first-order valence-electron chi connectivity index (χ1n) is 8.32. The first-order valence-corrected chi connectivity index (χ1v) is 8.32.